The molecule has 1 aromatic rings. The highest BCUT2D eigenvalue weighted by Gasteiger charge is 2.42. The number of carbonyl (C=O) groups excluding carboxylic acids is 1. The third-order valence-corrected chi connectivity index (χ3v) is 8.93. The summed E-state index contributed by atoms with van der Waals surface area (Å²) < 4.78 is 0. The average Bonchev–Trinajstić information content (AvgIpc) is 3.40. The van der Waals surface area contributed by atoms with Crippen LogP contribution in [0.25, 0.3) is 5.57 Å². The lowest BCUT2D eigenvalue weighted by molar-refractivity contribution is -0.127. The van der Waals surface area contributed by atoms with Gasteiger partial charge in [-0.05, 0) is 37.5 Å². The maximum atomic E-state index is 13.5. The van der Waals surface area contributed by atoms with Crippen LogP contribution in [0.3, 0.4) is 0 Å². The molecule has 1 aromatic heterocycles. The van der Waals surface area contributed by atoms with Gasteiger partial charge in [0, 0.05) is 36.6 Å². The zero-order chi connectivity index (χ0) is 21.7. The summed E-state index contributed by atoms with van der Waals surface area (Å²) in [6, 6.07) is -0.111. The van der Waals surface area contributed by atoms with Gasteiger partial charge in [0.1, 0.15) is 12.1 Å². The molecular weight excluding hydrogens is 422 g/mol. The molecule has 0 bridgehead atoms. The first-order chi connectivity index (χ1) is 15.7. The van der Waals surface area contributed by atoms with Crippen LogP contribution < -0.4 is 4.90 Å². The Labute approximate surface area is 192 Å². The largest absolute Gasteiger partial charge is 0.307 e. The van der Waals surface area contributed by atoms with Gasteiger partial charge in [0.25, 0.3) is 0 Å². The van der Waals surface area contributed by atoms with Crippen molar-refractivity contribution in [1.29, 1.82) is 5.26 Å². The molecule has 168 valence electrons. The molecule has 0 radical (unpaired) electrons. The zero-order valence-electron chi connectivity index (χ0n) is 18.3. The van der Waals surface area contributed by atoms with Crippen LogP contribution in [-0.2, 0) is 4.79 Å². The van der Waals surface area contributed by atoms with Crippen LogP contribution in [0, 0.1) is 17.4 Å². The quantitative estimate of drug-likeness (QED) is 0.653. The van der Waals surface area contributed by atoms with Crippen LogP contribution in [0.15, 0.2) is 16.4 Å². The van der Waals surface area contributed by atoms with E-state index in [1.807, 2.05) is 11.1 Å². The highest BCUT2D eigenvalue weighted by Crippen LogP contribution is 2.48. The van der Waals surface area contributed by atoms with E-state index in [0.29, 0.717) is 31.5 Å². The summed E-state index contributed by atoms with van der Waals surface area (Å²) in [7, 11) is 0. The highest BCUT2D eigenvalue weighted by atomic mass is 32.1. The molecule has 32 heavy (non-hydrogen) atoms. The van der Waals surface area contributed by atoms with E-state index in [0.717, 1.165) is 29.5 Å². The fraction of sp³-hybridized carbons (Fsp3) is 0.696. The van der Waals surface area contributed by atoms with E-state index in [1.165, 1.54) is 49.8 Å². The Balaban J connectivity index is 1.33. The Morgan fingerprint density at radius 3 is 2.66 bits per heavy atom. The SMILES string of the molecule is N#CN1CCN2CCN(c3nc(C4=CN=NC4C4CC4)c(C4CCCCC4)s3)C(=O)[C@H]2C1. The van der Waals surface area contributed by atoms with Gasteiger partial charge < -0.3 is 4.90 Å². The van der Waals surface area contributed by atoms with Gasteiger partial charge in [-0.1, -0.05) is 19.3 Å². The van der Waals surface area contributed by atoms with Crippen molar-refractivity contribution < 1.29 is 4.79 Å². The molecule has 2 atom stereocenters. The van der Waals surface area contributed by atoms with Crippen LogP contribution in [0.1, 0.15) is 61.4 Å². The number of nitrogens with zero attached hydrogens (tertiary/aromatic N) is 7. The van der Waals surface area contributed by atoms with Gasteiger partial charge in [0.15, 0.2) is 11.3 Å². The number of thiazole rings is 1. The number of fused-ring (bicyclic) bond motifs is 1. The van der Waals surface area contributed by atoms with Crippen molar-refractivity contribution >= 4 is 27.9 Å². The van der Waals surface area contributed by atoms with Crippen LogP contribution in [0.5, 0.6) is 0 Å². The minimum Gasteiger partial charge on any atom is -0.307 e. The van der Waals surface area contributed by atoms with Gasteiger partial charge in [-0.15, -0.1) is 11.3 Å². The van der Waals surface area contributed by atoms with Crippen LogP contribution in [0.4, 0.5) is 5.13 Å². The van der Waals surface area contributed by atoms with E-state index in [4.69, 9.17) is 4.98 Å². The third-order valence-electron chi connectivity index (χ3n) is 7.69. The maximum absolute atomic E-state index is 13.5. The number of nitriles is 1. The first-order valence-corrected chi connectivity index (χ1v) is 12.9. The van der Waals surface area contributed by atoms with Crippen molar-refractivity contribution in [2.75, 3.05) is 37.6 Å². The Hall–Kier alpha value is -2.31. The Bertz CT molecular complexity index is 1000. The number of carbonyl (C=O) groups is 1. The molecule has 2 saturated heterocycles. The lowest BCUT2D eigenvalue weighted by atomic mass is 9.86. The van der Waals surface area contributed by atoms with E-state index in [2.05, 4.69) is 21.3 Å². The van der Waals surface area contributed by atoms with Gasteiger partial charge in [-0.2, -0.15) is 15.5 Å². The van der Waals surface area contributed by atoms with Crippen molar-refractivity contribution in [3.63, 3.8) is 0 Å². The first-order valence-electron chi connectivity index (χ1n) is 12.0. The average molecular weight is 452 g/mol. The Kier molecular flexibility index (Phi) is 5.22. The smallest absolute Gasteiger partial charge is 0.248 e. The molecule has 2 saturated carbocycles. The van der Waals surface area contributed by atoms with E-state index < -0.39 is 0 Å². The van der Waals surface area contributed by atoms with Gasteiger partial charge in [-0.25, -0.2) is 4.98 Å². The molecule has 3 aliphatic heterocycles. The van der Waals surface area contributed by atoms with Crippen molar-refractivity contribution in [2.45, 2.75) is 62.9 Å². The molecular formula is C23H29N7OS. The van der Waals surface area contributed by atoms with E-state index in [-0.39, 0.29) is 18.0 Å². The highest BCUT2D eigenvalue weighted by molar-refractivity contribution is 7.16. The van der Waals surface area contributed by atoms with E-state index in [1.54, 1.807) is 16.2 Å². The summed E-state index contributed by atoms with van der Waals surface area (Å²) in [5.74, 6) is 1.20. The summed E-state index contributed by atoms with van der Waals surface area (Å²) >= 11 is 1.72. The van der Waals surface area contributed by atoms with Gasteiger partial charge in [0.2, 0.25) is 5.91 Å². The number of azo groups is 1. The molecule has 1 unspecified atom stereocenters. The molecule has 0 spiro atoms. The normalized spacial score (nSPS) is 29.2. The van der Waals surface area contributed by atoms with Crippen LogP contribution >= 0.6 is 11.3 Å². The first kappa shape index (κ1) is 20.3. The molecule has 1 amide bonds. The molecule has 5 aliphatic rings. The fourth-order valence-electron chi connectivity index (χ4n) is 5.67. The van der Waals surface area contributed by atoms with Crippen molar-refractivity contribution in [2.24, 2.45) is 16.1 Å². The maximum Gasteiger partial charge on any atom is 0.248 e. The van der Waals surface area contributed by atoms with Gasteiger partial charge in [0.05, 0.1) is 18.4 Å². The lowest BCUT2D eigenvalue weighted by Crippen LogP contribution is -2.64. The summed E-state index contributed by atoms with van der Waals surface area (Å²) in [5, 5.41) is 19.0. The molecule has 9 heteroatoms. The zero-order valence-corrected chi connectivity index (χ0v) is 19.1. The number of hydrogen-bond acceptors (Lipinski definition) is 8. The van der Waals surface area contributed by atoms with Crippen LogP contribution in [-0.4, -0.2) is 65.5 Å². The second kappa shape index (κ2) is 8.23. The lowest BCUT2D eigenvalue weighted by Gasteiger charge is -2.44. The topological polar surface area (TPSA) is 88.2 Å². The Morgan fingerprint density at radius 2 is 1.88 bits per heavy atom. The fourth-order valence-corrected chi connectivity index (χ4v) is 6.96. The second-order valence-electron chi connectivity index (χ2n) is 9.73. The summed E-state index contributed by atoms with van der Waals surface area (Å²) in [5.41, 5.74) is 2.21. The van der Waals surface area contributed by atoms with Crippen LogP contribution in [0.2, 0.25) is 0 Å². The predicted molar refractivity (Wildman–Crippen MR) is 122 cm³/mol. The predicted octanol–water partition coefficient (Wildman–Crippen LogP) is 3.59. The molecule has 0 N–H and O–H groups in total. The van der Waals surface area contributed by atoms with Crippen molar-refractivity contribution in [1.82, 2.24) is 14.8 Å². The minimum absolute atomic E-state index is 0.0835. The molecule has 6 rings (SSSR count). The number of anilines is 1. The molecule has 4 fully saturated rings. The number of hydrogen-bond donors (Lipinski definition) is 0. The molecule has 2 aliphatic carbocycles. The number of piperazine rings is 2. The summed E-state index contributed by atoms with van der Waals surface area (Å²) in [6.45, 7) is 3.46. The Morgan fingerprint density at radius 1 is 1.06 bits per heavy atom. The molecule has 0 aromatic carbocycles. The van der Waals surface area contributed by atoms with Crippen molar-refractivity contribution in [3.8, 4) is 6.19 Å². The van der Waals surface area contributed by atoms with Crippen molar-refractivity contribution in [3.05, 3.63) is 16.8 Å². The standard InChI is InChI=1S/C23H29N7OS/c24-14-28-8-9-29-10-11-30(22(31)18(29)13-28)23-26-20(17-12-25-27-19(17)15-6-7-15)21(32-23)16-4-2-1-3-5-16/h12,15-16,18-19H,1-11,13H2/t18-,19?/m1/s1. The monoisotopic (exact) mass is 451 g/mol. The van der Waals surface area contributed by atoms with E-state index in [9.17, 15) is 10.1 Å². The van der Waals surface area contributed by atoms with Gasteiger partial charge >= 0.3 is 0 Å². The molecule has 4 heterocycles. The van der Waals surface area contributed by atoms with E-state index >= 15 is 0 Å². The number of amides is 1. The molecule has 8 nitrogen and oxygen atoms in total. The minimum atomic E-state index is -0.252. The van der Waals surface area contributed by atoms with Gasteiger partial charge in [-0.3, -0.25) is 14.6 Å². The second-order valence-corrected chi connectivity index (χ2v) is 10.7. The number of aromatic nitrogens is 1. The summed E-state index contributed by atoms with van der Waals surface area (Å²) in [6.07, 6.45) is 12.8. The summed E-state index contributed by atoms with van der Waals surface area (Å²) in [4.78, 5) is 25.8. The third kappa shape index (κ3) is 3.54. The number of rotatable bonds is 4.